The summed E-state index contributed by atoms with van der Waals surface area (Å²) in [6.07, 6.45) is 1.58. The van der Waals surface area contributed by atoms with Crippen LogP contribution >= 0.6 is 22.9 Å². The van der Waals surface area contributed by atoms with Crippen LogP contribution in [0.1, 0.15) is 4.88 Å². The van der Waals surface area contributed by atoms with Crippen molar-refractivity contribution in [1.29, 1.82) is 0 Å². The average Bonchev–Trinajstić information content (AvgIpc) is 2.91. The number of hydrogen-bond donors (Lipinski definition) is 1. The molecule has 0 aliphatic rings. The van der Waals surface area contributed by atoms with Crippen LogP contribution in [-0.4, -0.2) is 18.7 Å². The summed E-state index contributed by atoms with van der Waals surface area (Å²) < 4.78 is 5.27. The number of thiophene rings is 1. The van der Waals surface area contributed by atoms with Gasteiger partial charge in [0.15, 0.2) is 6.61 Å². The van der Waals surface area contributed by atoms with E-state index in [0.717, 1.165) is 4.88 Å². The van der Waals surface area contributed by atoms with Crippen LogP contribution in [0.15, 0.2) is 46.9 Å². The lowest BCUT2D eigenvalue weighted by molar-refractivity contribution is -0.123. The highest BCUT2D eigenvalue weighted by atomic mass is 35.5. The van der Waals surface area contributed by atoms with E-state index in [2.05, 4.69) is 10.5 Å². The third kappa shape index (κ3) is 4.39. The number of carbonyl (C=O) groups is 1. The van der Waals surface area contributed by atoms with E-state index in [4.69, 9.17) is 16.3 Å². The number of hydrazone groups is 1. The maximum Gasteiger partial charge on any atom is 0.277 e. The number of hydrogen-bond acceptors (Lipinski definition) is 4. The van der Waals surface area contributed by atoms with Gasteiger partial charge >= 0.3 is 0 Å². The fourth-order valence-electron chi connectivity index (χ4n) is 1.27. The van der Waals surface area contributed by atoms with Gasteiger partial charge in [-0.15, -0.1) is 11.3 Å². The Morgan fingerprint density at radius 2 is 2.21 bits per heavy atom. The highest BCUT2D eigenvalue weighted by Gasteiger charge is 2.03. The van der Waals surface area contributed by atoms with Crippen molar-refractivity contribution in [1.82, 2.24) is 5.43 Å². The van der Waals surface area contributed by atoms with E-state index in [1.165, 1.54) is 11.3 Å². The number of benzene rings is 1. The summed E-state index contributed by atoms with van der Waals surface area (Å²) in [5, 5.41) is 6.23. The Kier molecular flexibility index (Phi) is 4.94. The van der Waals surface area contributed by atoms with Gasteiger partial charge in [0.05, 0.1) is 11.2 Å². The summed E-state index contributed by atoms with van der Waals surface area (Å²) in [4.78, 5) is 12.4. The fraction of sp³-hybridized carbons (Fsp3) is 0.0769. The molecule has 19 heavy (non-hydrogen) atoms. The first-order chi connectivity index (χ1) is 9.25. The molecule has 1 N–H and O–H groups in total. The Morgan fingerprint density at radius 1 is 1.37 bits per heavy atom. The van der Waals surface area contributed by atoms with Gasteiger partial charge in [0.2, 0.25) is 0 Å². The lowest BCUT2D eigenvalue weighted by Gasteiger charge is -2.06. The second kappa shape index (κ2) is 6.92. The molecule has 0 fully saturated rings. The number of amides is 1. The van der Waals surface area contributed by atoms with Crippen molar-refractivity contribution in [3.05, 3.63) is 51.7 Å². The number of nitrogens with one attached hydrogen (secondary N) is 1. The zero-order chi connectivity index (χ0) is 13.5. The van der Waals surface area contributed by atoms with Gasteiger partial charge in [-0.1, -0.05) is 29.8 Å². The van der Waals surface area contributed by atoms with Crippen LogP contribution in [0.4, 0.5) is 0 Å². The van der Waals surface area contributed by atoms with E-state index in [-0.39, 0.29) is 12.5 Å². The van der Waals surface area contributed by atoms with E-state index < -0.39 is 0 Å². The summed E-state index contributed by atoms with van der Waals surface area (Å²) in [6, 6.07) is 10.8. The van der Waals surface area contributed by atoms with Gasteiger partial charge in [0, 0.05) is 4.88 Å². The highest BCUT2D eigenvalue weighted by Crippen LogP contribution is 2.22. The molecule has 4 nitrogen and oxygen atoms in total. The maximum absolute atomic E-state index is 11.5. The van der Waals surface area contributed by atoms with E-state index in [1.807, 2.05) is 17.5 Å². The number of para-hydroxylation sites is 1. The zero-order valence-electron chi connectivity index (χ0n) is 9.88. The van der Waals surface area contributed by atoms with Gasteiger partial charge in [-0.25, -0.2) is 5.43 Å². The standard InChI is InChI=1S/C13H11ClN2O2S/c14-11-5-1-2-6-12(11)18-9-13(17)16-15-8-10-4-3-7-19-10/h1-8H,9H2,(H,16,17)/b15-8+. The molecule has 1 aromatic heterocycles. The molecular formula is C13H11ClN2O2S. The first kappa shape index (κ1) is 13.6. The molecule has 0 unspecified atom stereocenters. The zero-order valence-corrected chi connectivity index (χ0v) is 11.4. The van der Waals surface area contributed by atoms with Crippen LogP contribution in [0, 0.1) is 0 Å². The normalized spacial score (nSPS) is 10.6. The molecule has 0 atom stereocenters. The SMILES string of the molecule is O=C(COc1ccccc1Cl)N/N=C/c1cccs1. The van der Waals surface area contributed by atoms with Gasteiger partial charge in [-0.3, -0.25) is 4.79 Å². The van der Waals surface area contributed by atoms with Crippen LogP contribution in [0.5, 0.6) is 5.75 Å². The van der Waals surface area contributed by atoms with Crippen molar-refractivity contribution < 1.29 is 9.53 Å². The van der Waals surface area contributed by atoms with Crippen molar-refractivity contribution in [2.45, 2.75) is 0 Å². The van der Waals surface area contributed by atoms with Gasteiger partial charge in [-0.05, 0) is 23.6 Å². The number of ether oxygens (including phenoxy) is 1. The second-order valence-electron chi connectivity index (χ2n) is 3.53. The molecular weight excluding hydrogens is 284 g/mol. The summed E-state index contributed by atoms with van der Waals surface area (Å²) >= 11 is 7.43. The Morgan fingerprint density at radius 3 is 2.95 bits per heavy atom. The first-order valence-corrected chi connectivity index (χ1v) is 6.74. The van der Waals surface area contributed by atoms with E-state index in [0.29, 0.717) is 10.8 Å². The molecule has 0 aliphatic carbocycles. The maximum atomic E-state index is 11.5. The van der Waals surface area contributed by atoms with Crippen LogP contribution in [0.3, 0.4) is 0 Å². The molecule has 1 amide bonds. The van der Waals surface area contributed by atoms with Crippen molar-refractivity contribution in [3.8, 4) is 5.75 Å². The summed E-state index contributed by atoms with van der Waals surface area (Å²) in [5.41, 5.74) is 2.38. The molecule has 98 valence electrons. The Balaban J connectivity index is 1.78. The largest absolute Gasteiger partial charge is 0.482 e. The predicted octanol–water partition coefficient (Wildman–Crippen LogP) is 2.93. The van der Waals surface area contributed by atoms with Gasteiger partial charge in [0.1, 0.15) is 5.75 Å². The smallest absolute Gasteiger partial charge is 0.277 e. The molecule has 1 heterocycles. The topological polar surface area (TPSA) is 50.7 Å². The predicted molar refractivity (Wildman–Crippen MR) is 77.0 cm³/mol. The summed E-state index contributed by atoms with van der Waals surface area (Å²) in [5.74, 6) is 0.134. The van der Waals surface area contributed by atoms with Crippen molar-refractivity contribution >= 4 is 35.1 Å². The second-order valence-corrected chi connectivity index (χ2v) is 4.91. The fourth-order valence-corrected chi connectivity index (χ4v) is 2.05. The minimum Gasteiger partial charge on any atom is -0.482 e. The number of carbonyl (C=O) groups excluding carboxylic acids is 1. The van der Waals surface area contributed by atoms with Gasteiger partial charge in [0.25, 0.3) is 5.91 Å². The first-order valence-electron chi connectivity index (χ1n) is 5.48. The molecule has 0 aliphatic heterocycles. The van der Waals surface area contributed by atoms with E-state index in [9.17, 15) is 4.79 Å². The quantitative estimate of drug-likeness (QED) is 0.681. The third-order valence-corrected chi connectivity index (χ3v) is 3.24. The lowest BCUT2D eigenvalue weighted by Crippen LogP contribution is -2.24. The van der Waals surface area contributed by atoms with Crippen molar-refractivity contribution in [2.24, 2.45) is 5.10 Å². The minimum absolute atomic E-state index is 0.133. The van der Waals surface area contributed by atoms with Crippen LogP contribution in [-0.2, 0) is 4.79 Å². The van der Waals surface area contributed by atoms with E-state index in [1.54, 1.807) is 30.5 Å². The average molecular weight is 295 g/mol. The van der Waals surface area contributed by atoms with Crippen molar-refractivity contribution in [2.75, 3.05) is 6.61 Å². The minimum atomic E-state index is -0.340. The monoisotopic (exact) mass is 294 g/mol. The summed E-state index contributed by atoms with van der Waals surface area (Å²) in [6.45, 7) is -0.133. The molecule has 0 radical (unpaired) electrons. The number of nitrogens with zero attached hydrogens (tertiary/aromatic N) is 1. The molecule has 6 heteroatoms. The number of rotatable bonds is 5. The summed E-state index contributed by atoms with van der Waals surface area (Å²) in [7, 11) is 0. The van der Waals surface area contributed by atoms with Crippen LogP contribution < -0.4 is 10.2 Å². The van der Waals surface area contributed by atoms with Crippen LogP contribution in [0.25, 0.3) is 0 Å². The Hall–Kier alpha value is -1.85. The van der Waals surface area contributed by atoms with Crippen LogP contribution in [0.2, 0.25) is 5.02 Å². The molecule has 0 saturated carbocycles. The van der Waals surface area contributed by atoms with Gasteiger partial charge < -0.3 is 4.74 Å². The van der Waals surface area contributed by atoms with Gasteiger partial charge in [-0.2, -0.15) is 5.10 Å². The molecule has 2 rings (SSSR count). The molecule has 1 aromatic carbocycles. The highest BCUT2D eigenvalue weighted by molar-refractivity contribution is 7.11. The molecule has 2 aromatic rings. The Bertz CT molecular complexity index is 570. The number of halogens is 1. The lowest BCUT2D eigenvalue weighted by atomic mass is 10.3. The molecule has 0 saturated heterocycles. The van der Waals surface area contributed by atoms with E-state index >= 15 is 0 Å². The Labute approximate surface area is 119 Å². The molecule has 0 spiro atoms. The molecule has 0 bridgehead atoms. The third-order valence-electron chi connectivity index (χ3n) is 2.12. The van der Waals surface area contributed by atoms with Crippen molar-refractivity contribution in [3.63, 3.8) is 0 Å².